The molecule has 0 saturated carbocycles. The molecule has 1 atom stereocenters. The number of piperidine rings is 1. The first-order valence-corrected chi connectivity index (χ1v) is 11.5. The summed E-state index contributed by atoms with van der Waals surface area (Å²) in [5, 5.41) is 4.47. The number of benzene rings is 2. The first-order valence-electron chi connectivity index (χ1n) is 11.2. The summed E-state index contributed by atoms with van der Waals surface area (Å²) in [5.74, 6) is 1.34. The van der Waals surface area contributed by atoms with Crippen LogP contribution in [0.15, 0.2) is 48.5 Å². The van der Waals surface area contributed by atoms with Gasteiger partial charge in [0, 0.05) is 36.6 Å². The maximum Gasteiger partial charge on any atom is 0.225 e. The Labute approximate surface area is 189 Å². The molecule has 2 aromatic carbocycles. The van der Waals surface area contributed by atoms with Gasteiger partial charge in [-0.1, -0.05) is 55.8 Å². The van der Waals surface area contributed by atoms with E-state index in [1.54, 1.807) is 0 Å². The number of amides is 1. The number of halogens is 1. The summed E-state index contributed by atoms with van der Waals surface area (Å²) in [4.78, 5) is 19.2. The molecule has 1 fully saturated rings. The zero-order valence-corrected chi connectivity index (χ0v) is 19.3. The van der Waals surface area contributed by atoms with Crippen LogP contribution < -0.4 is 5.32 Å². The van der Waals surface area contributed by atoms with Crippen LogP contribution in [-0.4, -0.2) is 39.5 Å². The third-order valence-electron chi connectivity index (χ3n) is 6.10. The molecular formula is C25H31ClN4O. The predicted molar refractivity (Wildman–Crippen MR) is 126 cm³/mol. The molecule has 3 aromatic rings. The van der Waals surface area contributed by atoms with E-state index >= 15 is 0 Å². The van der Waals surface area contributed by atoms with Crippen LogP contribution in [-0.2, 0) is 11.3 Å². The van der Waals surface area contributed by atoms with Crippen molar-refractivity contribution < 1.29 is 4.79 Å². The number of nitrogens with one attached hydrogen (secondary N) is 1. The molecule has 6 heteroatoms. The number of hydrogen-bond acceptors (Lipinski definition) is 3. The standard InChI is InChI=1S/C25H31ClN4O/c1-17(2)25(31)29-13-11-21(12-14-29)27-18(3)24-28-22-15-20(26)9-10-23(22)30(24)16-19-7-5-4-6-8-19/h4-10,15,17-18,21,27H,11-14,16H2,1-3H3. The summed E-state index contributed by atoms with van der Waals surface area (Å²) < 4.78 is 2.29. The molecule has 1 amide bonds. The summed E-state index contributed by atoms with van der Waals surface area (Å²) in [6.07, 6.45) is 1.93. The summed E-state index contributed by atoms with van der Waals surface area (Å²) in [6, 6.07) is 16.8. The predicted octanol–water partition coefficient (Wildman–Crippen LogP) is 5.04. The molecule has 0 radical (unpaired) electrons. The molecule has 1 aromatic heterocycles. The molecule has 1 unspecified atom stereocenters. The van der Waals surface area contributed by atoms with Crippen molar-refractivity contribution in [2.24, 2.45) is 5.92 Å². The fourth-order valence-corrected chi connectivity index (χ4v) is 4.61. The monoisotopic (exact) mass is 438 g/mol. The minimum Gasteiger partial charge on any atom is -0.342 e. The molecule has 31 heavy (non-hydrogen) atoms. The fraction of sp³-hybridized carbons (Fsp3) is 0.440. The Morgan fingerprint density at radius 1 is 1.13 bits per heavy atom. The third-order valence-corrected chi connectivity index (χ3v) is 6.33. The molecule has 2 heterocycles. The number of nitrogens with zero attached hydrogens (tertiary/aromatic N) is 3. The Morgan fingerprint density at radius 2 is 1.84 bits per heavy atom. The topological polar surface area (TPSA) is 50.2 Å². The second-order valence-electron chi connectivity index (χ2n) is 8.82. The number of imidazole rings is 1. The molecular weight excluding hydrogens is 408 g/mol. The Kier molecular flexibility index (Phi) is 6.63. The number of likely N-dealkylation sites (tertiary alicyclic amines) is 1. The second-order valence-corrected chi connectivity index (χ2v) is 9.25. The Balaban J connectivity index is 1.53. The highest BCUT2D eigenvalue weighted by Gasteiger charge is 2.26. The van der Waals surface area contributed by atoms with Crippen molar-refractivity contribution in [3.8, 4) is 0 Å². The summed E-state index contributed by atoms with van der Waals surface area (Å²) >= 11 is 6.24. The van der Waals surface area contributed by atoms with Gasteiger partial charge in [0.1, 0.15) is 5.82 Å². The molecule has 4 rings (SSSR count). The van der Waals surface area contributed by atoms with Crippen molar-refractivity contribution in [2.45, 2.75) is 52.2 Å². The van der Waals surface area contributed by atoms with E-state index in [0.717, 1.165) is 49.3 Å². The van der Waals surface area contributed by atoms with Crippen molar-refractivity contribution in [1.82, 2.24) is 19.8 Å². The van der Waals surface area contributed by atoms with E-state index in [9.17, 15) is 4.79 Å². The Morgan fingerprint density at radius 3 is 2.52 bits per heavy atom. The normalized spacial score (nSPS) is 16.2. The molecule has 1 saturated heterocycles. The van der Waals surface area contributed by atoms with Crippen molar-refractivity contribution in [3.05, 3.63) is 64.9 Å². The van der Waals surface area contributed by atoms with E-state index in [2.05, 4.69) is 47.1 Å². The number of rotatable bonds is 6. The van der Waals surface area contributed by atoms with Crippen LogP contribution in [0, 0.1) is 5.92 Å². The average Bonchev–Trinajstić information content (AvgIpc) is 3.12. The molecule has 5 nitrogen and oxygen atoms in total. The summed E-state index contributed by atoms with van der Waals surface area (Å²) in [7, 11) is 0. The summed E-state index contributed by atoms with van der Waals surface area (Å²) in [5.41, 5.74) is 3.25. The van der Waals surface area contributed by atoms with Gasteiger partial charge in [-0.2, -0.15) is 0 Å². The van der Waals surface area contributed by atoms with Crippen molar-refractivity contribution in [3.63, 3.8) is 0 Å². The van der Waals surface area contributed by atoms with Crippen molar-refractivity contribution in [2.75, 3.05) is 13.1 Å². The quantitative estimate of drug-likeness (QED) is 0.586. The van der Waals surface area contributed by atoms with E-state index in [1.165, 1.54) is 5.56 Å². The smallest absolute Gasteiger partial charge is 0.225 e. The van der Waals surface area contributed by atoms with E-state index < -0.39 is 0 Å². The molecule has 1 N–H and O–H groups in total. The van der Waals surface area contributed by atoms with Crippen LogP contribution in [0.2, 0.25) is 5.02 Å². The van der Waals surface area contributed by atoms with Gasteiger partial charge < -0.3 is 14.8 Å². The highest BCUT2D eigenvalue weighted by atomic mass is 35.5. The van der Waals surface area contributed by atoms with Gasteiger partial charge in [0.05, 0.1) is 17.1 Å². The zero-order valence-electron chi connectivity index (χ0n) is 18.5. The largest absolute Gasteiger partial charge is 0.342 e. The average molecular weight is 439 g/mol. The van der Waals surface area contributed by atoms with Crippen LogP contribution in [0.4, 0.5) is 0 Å². The number of hydrogen-bond donors (Lipinski definition) is 1. The van der Waals surface area contributed by atoms with E-state index in [-0.39, 0.29) is 17.9 Å². The highest BCUT2D eigenvalue weighted by molar-refractivity contribution is 6.31. The lowest BCUT2D eigenvalue weighted by atomic mass is 10.0. The maximum absolute atomic E-state index is 12.3. The Bertz CT molecular complexity index is 1040. The molecule has 0 spiro atoms. The van der Waals surface area contributed by atoms with E-state index in [1.807, 2.05) is 36.9 Å². The van der Waals surface area contributed by atoms with E-state index in [0.29, 0.717) is 11.1 Å². The van der Waals surface area contributed by atoms with Gasteiger partial charge in [0.15, 0.2) is 0 Å². The molecule has 164 valence electrons. The second kappa shape index (κ2) is 9.41. The number of carbonyl (C=O) groups excluding carboxylic acids is 1. The van der Waals surface area contributed by atoms with Gasteiger partial charge in [0.2, 0.25) is 5.91 Å². The lowest BCUT2D eigenvalue weighted by Gasteiger charge is -2.34. The SMILES string of the molecule is CC(C)C(=O)N1CCC(NC(C)c2nc3cc(Cl)ccc3n2Cc2ccccc2)CC1. The lowest BCUT2D eigenvalue weighted by molar-refractivity contribution is -0.135. The van der Waals surface area contributed by atoms with E-state index in [4.69, 9.17) is 16.6 Å². The molecule has 1 aliphatic rings. The fourth-order valence-electron chi connectivity index (χ4n) is 4.44. The van der Waals surface area contributed by atoms with Gasteiger partial charge >= 0.3 is 0 Å². The maximum atomic E-state index is 12.3. The van der Waals surface area contributed by atoms with Crippen molar-refractivity contribution in [1.29, 1.82) is 0 Å². The number of carbonyl (C=O) groups is 1. The minimum absolute atomic E-state index is 0.0631. The van der Waals surface area contributed by atoms with Gasteiger partial charge in [-0.3, -0.25) is 4.79 Å². The van der Waals surface area contributed by atoms with Crippen molar-refractivity contribution >= 4 is 28.5 Å². The first kappa shape index (κ1) is 21.8. The first-order chi connectivity index (χ1) is 14.9. The molecule has 0 bridgehead atoms. The zero-order chi connectivity index (χ0) is 22.0. The van der Waals surface area contributed by atoms with Crippen LogP contribution in [0.25, 0.3) is 11.0 Å². The van der Waals surface area contributed by atoms with Gasteiger partial charge in [0.25, 0.3) is 0 Å². The number of fused-ring (bicyclic) bond motifs is 1. The van der Waals surface area contributed by atoms with Crippen LogP contribution in [0.5, 0.6) is 0 Å². The van der Waals surface area contributed by atoms with Crippen LogP contribution in [0.1, 0.15) is 51.0 Å². The Hall–Kier alpha value is -2.37. The lowest BCUT2D eigenvalue weighted by Crippen LogP contribution is -2.46. The van der Waals surface area contributed by atoms with Gasteiger partial charge in [-0.15, -0.1) is 0 Å². The number of aromatic nitrogens is 2. The molecule has 1 aliphatic heterocycles. The van der Waals surface area contributed by atoms with Crippen LogP contribution >= 0.6 is 11.6 Å². The van der Waals surface area contributed by atoms with Gasteiger partial charge in [-0.25, -0.2) is 4.98 Å². The summed E-state index contributed by atoms with van der Waals surface area (Å²) in [6.45, 7) is 8.52. The highest BCUT2D eigenvalue weighted by Crippen LogP contribution is 2.26. The van der Waals surface area contributed by atoms with Gasteiger partial charge in [-0.05, 0) is 43.5 Å². The van der Waals surface area contributed by atoms with Crippen LogP contribution in [0.3, 0.4) is 0 Å². The third kappa shape index (κ3) is 4.94. The molecule has 0 aliphatic carbocycles. The minimum atomic E-state index is 0.0631.